The van der Waals surface area contributed by atoms with Gasteiger partial charge in [0.25, 0.3) is 0 Å². The normalized spacial score (nSPS) is 11.1. The molecule has 3 aromatic rings. The summed E-state index contributed by atoms with van der Waals surface area (Å²) in [4.78, 5) is 4.04. The van der Waals surface area contributed by atoms with E-state index < -0.39 is 0 Å². The Kier molecular flexibility index (Phi) is 3.60. The third-order valence-electron chi connectivity index (χ3n) is 3.35. The minimum Gasteiger partial charge on any atom is -0.384 e. The Morgan fingerprint density at radius 2 is 1.70 bits per heavy atom. The number of pyridine rings is 1. The van der Waals surface area contributed by atoms with Gasteiger partial charge in [-0.15, -0.1) is 5.11 Å². The smallest absolute Gasteiger partial charge is 0.133 e. The highest BCUT2D eigenvalue weighted by Crippen LogP contribution is 2.31. The number of fused-ring (bicyclic) bond motifs is 1. The largest absolute Gasteiger partial charge is 0.384 e. The van der Waals surface area contributed by atoms with Crippen molar-refractivity contribution in [2.45, 2.75) is 0 Å². The minimum atomic E-state index is 0.0148. The topological polar surface area (TPSA) is 140 Å². The fraction of sp³-hybridized carbons (Fsp3) is 0. The Hall–Kier alpha value is -3.48. The summed E-state index contributed by atoms with van der Waals surface area (Å²) in [6.07, 6.45) is 0. The second kappa shape index (κ2) is 5.72. The van der Waals surface area contributed by atoms with E-state index in [0.29, 0.717) is 28.6 Å². The maximum Gasteiger partial charge on any atom is 0.133 e. The van der Waals surface area contributed by atoms with Gasteiger partial charge in [0.2, 0.25) is 0 Å². The molecule has 0 radical (unpaired) electrons. The third-order valence-corrected chi connectivity index (χ3v) is 3.35. The molecule has 0 bridgehead atoms. The summed E-state index contributed by atoms with van der Waals surface area (Å²) in [6, 6.07) is 14.2. The summed E-state index contributed by atoms with van der Waals surface area (Å²) in [7, 11) is 0. The van der Waals surface area contributed by atoms with Crippen LogP contribution in [0, 0.1) is 5.41 Å². The van der Waals surface area contributed by atoms with Crippen LogP contribution in [0.1, 0.15) is 5.56 Å². The Bertz CT molecular complexity index is 914. The Morgan fingerprint density at radius 1 is 0.957 bits per heavy atom. The molecule has 0 fully saturated rings. The molecule has 114 valence electrons. The molecule has 1 heterocycles. The first-order valence-electron chi connectivity index (χ1n) is 6.85. The number of anilines is 2. The van der Waals surface area contributed by atoms with Crippen molar-refractivity contribution >= 4 is 39.6 Å². The van der Waals surface area contributed by atoms with E-state index in [0.717, 1.165) is 10.8 Å². The first-order chi connectivity index (χ1) is 11.0. The lowest BCUT2D eigenvalue weighted by Gasteiger charge is -2.05. The van der Waals surface area contributed by atoms with Crippen LogP contribution in [-0.4, -0.2) is 10.8 Å². The molecule has 2 aromatic carbocycles. The number of benzene rings is 2. The van der Waals surface area contributed by atoms with E-state index in [9.17, 15) is 0 Å². The van der Waals surface area contributed by atoms with Crippen molar-refractivity contribution in [1.29, 1.82) is 5.41 Å². The number of aromatic nitrogens is 1. The average Bonchev–Trinajstić information content (AvgIpc) is 2.53. The van der Waals surface area contributed by atoms with Crippen molar-refractivity contribution < 1.29 is 0 Å². The van der Waals surface area contributed by atoms with Gasteiger partial charge in [0, 0.05) is 16.3 Å². The second-order valence-corrected chi connectivity index (χ2v) is 4.97. The lowest BCUT2D eigenvalue weighted by Crippen LogP contribution is -2.10. The Labute approximate surface area is 132 Å². The fourth-order valence-corrected chi connectivity index (χ4v) is 2.21. The summed E-state index contributed by atoms with van der Waals surface area (Å²) in [5.41, 5.74) is 19.0. The lowest BCUT2D eigenvalue weighted by atomic mass is 10.1. The monoisotopic (exact) mass is 305 g/mol. The fourth-order valence-electron chi connectivity index (χ4n) is 2.21. The Morgan fingerprint density at radius 3 is 2.39 bits per heavy atom. The highest BCUT2D eigenvalue weighted by atomic mass is 15.1. The van der Waals surface area contributed by atoms with E-state index in [1.165, 1.54) is 0 Å². The minimum absolute atomic E-state index is 0.0148. The van der Waals surface area contributed by atoms with Crippen molar-refractivity contribution in [2.75, 3.05) is 11.5 Å². The number of nitrogen functional groups attached to an aromatic ring is 3. The zero-order chi connectivity index (χ0) is 16.4. The van der Waals surface area contributed by atoms with E-state index in [1.807, 2.05) is 18.2 Å². The lowest BCUT2D eigenvalue weighted by molar-refractivity contribution is 1.24. The first kappa shape index (κ1) is 14.5. The van der Waals surface area contributed by atoms with Crippen molar-refractivity contribution in [2.24, 2.45) is 16.0 Å². The van der Waals surface area contributed by atoms with E-state index in [4.69, 9.17) is 22.6 Å². The molecule has 23 heavy (non-hydrogen) atoms. The molecule has 7 nitrogen and oxygen atoms in total. The van der Waals surface area contributed by atoms with Gasteiger partial charge >= 0.3 is 0 Å². The van der Waals surface area contributed by atoms with Gasteiger partial charge in [-0.25, -0.2) is 4.98 Å². The van der Waals surface area contributed by atoms with Gasteiger partial charge in [-0.05, 0) is 36.4 Å². The molecular formula is C16H15N7. The third kappa shape index (κ3) is 2.93. The first-order valence-corrected chi connectivity index (χ1v) is 6.85. The predicted molar refractivity (Wildman–Crippen MR) is 92.2 cm³/mol. The Balaban J connectivity index is 1.99. The van der Waals surface area contributed by atoms with Crippen molar-refractivity contribution in [1.82, 2.24) is 4.98 Å². The average molecular weight is 305 g/mol. The molecule has 0 atom stereocenters. The van der Waals surface area contributed by atoms with Gasteiger partial charge in [0.15, 0.2) is 0 Å². The van der Waals surface area contributed by atoms with E-state index >= 15 is 0 Å². The molecular weight excluding hydrogens is 290 g/mol. The SMILES string of the molecule is N=C(N)c1ccc(/N=N/c2cccc3c(N)nc(N)cc23)cc1. The quantitative estimate of drug-likeness (QED) is 0.335. The van der Waals surface area contributed by atoms with Crippen LogP contribution < -0.4 is 17.2 Å². The van der Waals surface area contributed by atoms with Crippen LogP contribution in [0.15, 0.2) is 58.8 Å². The van der Waals surface area contributed by atoms with Crippen molar-refractivity contribution in [3.63, 3.8) is 0 Å². The van der Waals surface area contributed by atoms with Gasteiger partial charge in [0.05, 0.1) is 11.4 Å². The van der Waals surface area contributed by atoms with E-state index in [2.05, 4.69) is 15.2 Å². The van der Waals surface area contributed by atoms with Crippen LogP contribution in [0.5, 0.6) is 0 Å². The highest BCUT2D eigenvalue weighted by molar-refractivity contribution is 5.99. The number of nitrogens with one attached hydrogen (secondary N) is 1. The molecule has 0 aliphatic heterocycles. The molecule has 0 saturated carbocycles. The van der Waals surface area contributed by atoms with E-state index in [-0.39, 0.29) is 5.84 Å². The maximum absolute atomic E-state index is 7.37. The number of nitrogens with two attached hydrogens (primary N) is 3. The summed E-state index contributed by atoms with van der Waals surface area (Å²) >= 11 is 0. The molecule has 0 amide bonds. The van der Waals surface area contributed by atoms with Crippen LogP contribution in [0.3, 0.4) is 0 Å². The van der Waals surface area contributed by atoms with Crippen LogP contribution >= 0.6 is 0 Å². The van der Waals surface area contributed by atoms with E-state index in [1.54, 1.807) is 30.3 Å². The zero-order valence-corrected chi connectivity index (χ0v) is 12.2. The number of hydrogen-bond acceptors (Lipinski definition) is 6. The van der Waals surface area contributed by atoms with Crippen LogP contribution in [0.25, 0.3) is 10.8 Å². The predicted octanol–water partition coefficient (Wildman–Crippen LogP) is 3.10. The van der Waals surface area contributed by atoms with Crippen LogP contribution in [0.4, 0.5) is 23.0 Å². The molecule has 0 aliphatic carbocycles. The van der Waals surface area contributed by atoms with Crippen molar-refractivity contribution in [3.05, 3.63) is 54.1 Å². The number of amidine groups is 1. The molecule has 0 unspecified atom stereocenters. The number of nitrogens with zero attached hydrogens (tertiary/aromatic N) is 3. The highest BCUT2D eigenvalue weighted by Gasteiger charge is 2.05. The maximum atomic E-state index is 7.37. The van der Waals surface area contributed by atoms with Gasteiger partial charge in [-0.1, -0.05) is 12.1 Å². The molecule has 7 N–H and O–H groups in total. The molecule has 3 rings (SSSR count). The molecule has 0 saturated heterocycles. The van der Waals surface area contributed by atoms with Gasteiger partial charge in [-0.2, -0.15) is 5.11 Å². The van der Waals surface area contributed by atoms with Crippen LogP contribution in [-0.2, 0) is 0 Å². The summed E-state index contributed by atoms with van der Waals surface area (Å²) in [5, 5.41) is 17.4. The summed E-state index contributed by atoms with van der Waals surface area (Å²) in [6.45, 7) is 0. The zero-order valence-electron chi connectivity index (χ0n) is 12.2. The number of hydrogen-bond donors (Lipinski definition) is 4. The summed E-state index contributed by atoms with van der Waals surface area (Å²) in [5.74, 6) is 0.715. The molecule has 1 aromatic heterocycles. The van der Waals surface area contributed by atoms with Gasteiger partial charge in [-0.3, -0.25) is 5.41 Å². The number of rotatable bonds is 3. The van der Waals surface area contributed by atoms with Gasteiger partial charge in [0.1, 0.15) is 17.5 Å². The van der Waals surface area contributed by atoms with Crippen molar-refractivity contribution in [3.8, 4) is 0 Å². The number of azo groups is 1. The standard InChI is InChI=1S/C16H15N7/c17-14-8-12-11(16(20)21-14)2-1-3-13(12)23-22-10-6-4-9(5-7-10)15(18)19/h1-8H,(H3,18,19)(H4,17,20,21)/b23-22+. The summed E-state index contributed by atoms with van der Waals surface area (Å²) < 4.78 is 0. The molecule has 0 spiro atoms. The van der Waals surface area contributed by atoms with Gasteiger partial charge < -0.3 is 17.2 Å². The van der Waals surface area contributed by atoms with Crippen LogP contribution in [0.2, 0.25) is 0 Å². The second-order valence-electron chi connectivity index (χ2n) is 4.97. The molecule has 0 aliphatic rings. The molecule has 7 heteroatoms.